The van der Waals surface area contributed by atoms with Crippen molar-refractivity contribution in [2.24, 2.45) is 0 Å². The number of aliphatic hydroxyl groups excluding tert-OH is 2. The van der Waals surface area contributed by atoms with Crippen molar-refractivity contribution in [3.05, 3.63) is 71.0 Å². The van der Waals surface area contributed by atoms with Gasteiger partial charge in [-0.2, -0.15) is 0 Å². The zero-order chi connectivity index (χ0) is 25.4. The van der Waals surface area contributed by atoms with Crippen molar-refractivity contribution in [3.8, 4) is 0 Å². The quantitative estimate of drug-likeness (QED) is 0.395. The fourth-order valence-electron chi connectivity index (χ4n) is 5.97. The SMILES string of the molecule is Cc1c(C)n(C[C@@H](O)CN2CCN(C[C@H](O)Cn3c(C)c(C)c4ccccc43)CC2)c2ccccc12. The zero-order valence-electron chi connectivity index (χ0n) is 22.1. The van der Waals surface area contributed by atoms with Crippen LogP contribution in [0.2, 0.25) is 0 Å². The second kappa shape index (κ2) is 10.4. The Morgan fingerprint density at radius 1 is 0.583 bits per heavy atom. The van der Waals surface area contributed by atoms with Crippen molar-refractivity contribution in [1.82, 2.24) is 18.9 Å². The first kappa shape index (κ1) is 25.0. The van der Waals surface area contributed by atoms with Gasteiger partial charge in [-0.15, -0.1) is 0 Å². The van der Waals surface area contributed by atoms with Gasteiger partial charge in [0.2, 0.25) is 0 Å². The summed E-state index contributed by atoms with van der Waals surface area (Å²) in [4.78, 5) is 4.71. The number of fused-ring (bicyclic) bond motifs is 2. The van der Waals surface area contributed by atoms with E-state index in [0.29, 0.717) is 26.2 Å². The van der Waals surface area contributed by atoms with E-state index in [2.05, 4.69) is 95.2 Å². The Morgan fingerprint density at radius 3 is 1.33 bits per heavy atom. The minimum Gasteiger partial charge on any atom is -0.390 e. The molecule has 0 aliphatic carbocycles. The average molecular weight is 489 g/mol. The van der Waals surface area contributed by atoms with Crippen molar-refractivity contribution in [3.63, 3.8) is 0 Å². The van der Waals surface area contributed by atoms with Crippen molar-refractivity contribution >= 4 is 21.8 Å². The molecule has 4 aromatic rings. The van der Waals surface area contributed by atoms with Crippen LogP contribution in [-0.2, 0) is 13.1 Å². The van der Waals surface area contributed by atoms with E-state index in [4.69, 9.17) is 0 Å². The van der Waals surface area contributed by atoms with E-state index < -0.39 is 12.2 Å². The summed E-state index contributed by atoms with van der Waals surface area (Å²) in [5, 5.41) is 24.4. The van der Waals surface area contributed by atoms with Crippen molar-refractivity contribution < 1.29 is 10.2 Å². The molecule has 2 N–H and O–H groups in total. The van der Waals surface area contributed by atoms with Gasteiger partial charge in [0.1, 0.15) is 0 Å². The lowest BCUT2D eigenvalue weighted by Crippen LogP contribution is -2.50. The summed E-state index contributed by atoms with van der Waals surface area (Å²) in [5.41, 5.74) is 7.45. The molecule has 0 amide bonds. The van der Waals surface area contributed by atoms with Crippen LogP contribution in [0.25, 0.3) is 21.8 Å². The second-order valence-corrected chi connectivity index (χ2v) is 10.6. The Kier molecular flexibility index (Phi) is 7.22. The predicted octanol–water partition coefficient (Wildman–Crippen LogP) is 3.87. The molecule has 0 saturated carbocycles. The van der Waals surface area contributed by atoms with Crippen molar-refractivity contribution in [2.75, 3.05) is 39.3 Å². The van der Waals surface area contributed by atoms with Gasteiger partial charge in [0, 0.05) is 72.5 Å². The number of aromatic nitrogens is 2. The smallest absolute Gasteiger partial charge is 0.0845 e. The van der Waals surface area contributed by atoms with Gasteiger partial charge >= 0.3 is 0 Å². The highest BCUT2D eigenvalue weighted by Gasteiger charge is 2.23. The molecule has 6 nitrogen and oxygen atoms in total. The number of aliphatic hydroxyl groups is 2. The molecule has 0 bridgehead atoms. The Morgan fingerprint density at radius 2 is 0.944 bits per heavy atom. The summed E-state index contributed by atoms with van der Waals surface area (Å²) in [7, 11) is 0. The summed E-state index contributed by atoms with van der Waals surface area (Å²) < 4.78 is 4.52. The number of rotatable bonds is 8. The van der Waals surface area contributed by atoms with Crippen LogP contribution in [0.1, 0.15) is 22.5 Å². The molecule has 1 aliphatic rings. The maximum absolute atomic E-state index is 10.9. The van der Waals surface area contributed by atoms with E-state index in [-0.39, 0.29) is 0 Å². The van der Waals surface area contributed by atoms with E-state index >= 15 is 0 Å². The second-order valence-electron chi connectivity index (χ2n) is 10.6. The van der Waals surface area contributed by atoms with Crippen molar-refractivity contribution in [2.45, 2.75) is 53.0 Å². The average Bonchev–Trinajstić information content (AvgIpc) is 3.26. The molecule has 36 heavy (non-hydrogen) atoms. The van der Waals surface area contributed by atoms with E-state index in [1.165, 1.54) is 44.3 Å². The Labute approximate surface area is 214 Å². The number of piperazine rings is 1. The van der Waals surface area contributed by atoms with Crippen LogP contribution in [0.15, 0.2) is 48.5 Å². The molecular formula is C30H40N4O2. The van der Waals surface area contributed by atoms with E-state index in [9.17, 15) is 10.2 Å². The standard InChI is InChI=1S/C30H40N4O2/c1-21-23(3)33(29-11-7-5-9-27(21)29)19-25(35)17-31-13-15-32(16-14-31)18-26(36)20-34-24(4)22(2)28-10-6-8-12-30(28)34/h5-12,25-26,35-36H,13-20H2,1-4H3/t25-,26-/m0/s1. The van der Waals surface area contributed by atoms with Crippen molar-refractivity contribution in [1.29, 1.82) is 0 Å². The van der Waals surface area contributed by atoms with Gasteiger partial charge in [0.25, 0.3) is 0 Å². The molecule has 1 fully saturated rings. The molecular weight excluding hydrogens is 448 g/mol. The lowest BCUT2D eigenvalue weighted by Gasteiger charge is -2.36. The number of hydrogen-bond donors (Lipinski definition) is 2. The first-order chi connectivity index (χ1) is 17.3. The molecule has 1 aliphatic heterocycles. The predicted molar refractivity (Wildman–Crippen MR) is 148 cm³/mol. The lowest BCUT2D eigenvalue weighted by atomic mass is 10.2. The maximum atomic E-state index is 10.9. The normalized spacial score (nSPS) is 17.3. The van der Waals surface area contributed by atoms with Gasteiger partial charge in [0.05, 0.1) is 25.3 Å². The van der Waals surface area contributed by atoms with E-state index in [1.54, 1.807) is 0 Å². The number of β-amino-alcohol motifs (C(OH)–C–C–N with tert-alkyl or cyclic N) is 2. The number of nitrogens with zero attached hydrogens (tertiary/aromatic N) is 4. The number of para-hydroxylation sites is 2. The number of benzene rings is 2. The fourth-order valence-corrected chi connectivity index (χ4v) is 5.97. The Hall–Kier alpha value is -2.64. The molecule has 0 unspecified atom stereocenters. The fraction of sp³-hybridized carbons (Fsp3) is 0.467. The van der Waals surface area contributed by atoms with Crippen LogP contribution in [0, 0.1) is 27.7 Å². The molecule has 6 heteroatoms. The molecule has 3 heterocycles. The molecule has 192 valence electrons. The van der Waals surface area contributed by atoms with Gasteiger partial charge in [-0.25, -0.2) is 0 Å². The summed E-state index contributed by atoms with van der Waals surface area (Å²) in [6.07, 6.45) is -0.825. The van der Waals surface area contributed by atoms with E-state index in [0.717, 1.165) is 26.2 Å². The van der Waals surface area contributed by atoms with Gasteiger partial charge in [-0.3, -0.25) is 9.80 Å². The zero-order valence-corrected chi connectivity index (χ0v) is 22.1. The first-order valence-corrected chi connectivity index (χ1v) is 13.2. The maximum Gasteiger partial charge on any atom is 0.0845 e. The minimum absolute atomic E-state index is 0.413. The van der Waals surface area contributed by atoms with Gasteiger partial charge in [-0.05, 0) is 51.0 Å². The van der Waals surface area contributed by atoms with Gasteiger partial charge in [0.15, 0.2) is 0 Å². The molecule has 0 spiro atoms. The highest BCUT2D eigenvalue weighted by Crippen LogP contribution is 2.26. The highest BCUT2D eigenvalue weighted by atomic mass is 16.3. The Bertz CT molecular complexity index is 1240. The minimum atomic E-state index is -0.413. The van der Waals surface area contributed by atoms with Crippen LogP contribution in [0.3, 0.4) is 0 Å². The molecule has 1 saturated heterocycles. The van der Waals surface area contributed by atoms with Crippen LogP contribution in [0.5, 0.6) is 0 Å². The third kappa shape index (κ3) is 4.83. The molecule has 2 atom stereocenters. The molecule has 2 aromatic heterocycles. The van der Waals surface area contributed by atoms with Crippen LogP contribution < -0.4 is 0 Å². The third-order valence-electron chi connectivity index (χ3n) is 8.28. The van der Waals surface area contributed by atoms with Crippen LogP contribution in [0.4, 0.5) is 0 Å². The summed E-state index contributed by atoms with van der Waals surface area (Å²) >= 11 is 0. The first-order valence-electron chi connectivity index (χ1n) is 13.2. The molecule has 5 rings (SSSR count). The summed E-state index contributed by atoms with van der Waals surface area (Å²) in [5.74, 6) is 0. The number of hydrogen-bond acceptors (Lipinski definition) is 4. The number of aryl methyl sites for hydroxylation is 2. The lowest BCUT2D eigenvalue weighted by molar-refractivity contribution is 0.0407. The van der Waals surface area contributed by atoms with Gasteiger partial charge < -0.3 is 19.3 Å². The van der Waals surface area contributed by atoms with E-state index in [1.807, 2.05) is 0 Å². The molecule has 0 radical (unpaired) electrons. The van der Waals surface area contributed by atoms with Gasteiger partial charge in [-0.1, -0.05) is 36.4 Å². The topological polar surface area (TPSA) is 56.8 Å². The Balaban J connectivity index is 1.13. The van der Waals surface area contributed by atoms with Crippen LogP contribution in [-0.4, -0.2) is 80.6 Å². The summed E-state index contributed by atoms with van der Waals surface area (Å²) in [6, 6.07) is 16.9. The monoisotopic (exact) mass is 488 g/mol. The summed E-state index contributed by atoms with van der Waals surface area (Å²) in [6.45, 7) is 14.9. The molecule has 2 aromatic carbocycles. The largest absolute Gasteiger partial charge is 0.390 e. The highest BCUT2D eigenvalue weighted by molar-refractivity contribution is 5.86. The third-order valence-corrected chi connectivity index (χ3v) is 8.28. The van der Waals surface area contributed by atoms with Crippen LogP contribution >= 0.6 is 0 Å².